The van der Waals surface area contributed by atoms with Gasteiger partial charge in [0.25, 0.3) is 5.91 Å². The zero-order valence-corrected chi connectivity index (χ0v) is 13.4. The van der Waals surface area contributed by atoms with Crippen molar-refractivity contribution in [2.75, 3.05) is 0 Å². The van der Waals surface area contributed by atoms with E-state index in [1.807, 2.05) is 25.1 Å². The van der Waals surface area contributed by atoms with Crippen LogP contribution in [-0.4, -0.2) is 28.0 Å². The third-order valence-corrected chi connectivity index (χ3v) is 4.23. The van der Waals surface area contributed by atoms with Gasteiger partial charge in [0.15, 0.2) is 5.76 Å². The third kappa shape index (κ3) is 2.78. The molecule has 3 N–H and O–H groups in total. The lowest BCUT2D eigenvalue weighted by atomic mass is 9.91. The van der Waals surface area contributed by atoms with Crippen molar-refractivity contribution in [3.05, 3.63) is 59.7 Å². The molecule has 0 aliphatic heterocycles. The van der Waals surface area contributed by atoms with Gasteiger partial charge < -0.3 is 19.8 Å². The van der Waals surface area contributed by atoms with Crippen molar-refractivity contribution in [2.45, 2.75) is 25.8 Å². The van der Waals surface area contributed by atoms with E-state index in [2.05, 4.69) is 10.3 Å². The fourth-order valence-corrected chi connectivity index (χ4v) is 2.96. The number of furan rings is 1. The van der Waals surface area contributed by atoms with Crippen molar-refractivity contribution in [2.24, 2.45) is 0 Å². The number of amides is 1. The zero-order chi connectivity index (χ0) is 17.3. The van der Waals surface area contributed by atoms with E-state index < -0.39 is 23.8 Å². The zero-order valence-electron chi connectivity index (χ0n) is 13.4. The molecule has 3 rings (SSSR count). The second kappa shape index (κ2) is 6.23. The molecule has 0 aliphatic rings. The Morgan fingerprint density at radius 1 is 1.25 bits per heavy atom. The van der Waals surface area contributed by atoms with Crippen LogP contribution in [0.5, 0.6) is 0 Å². The highest BCUT2D eigenvalue weighted by atomic mass is 16.4. The number of aryl methyl sites for hydroxylation is 1. The van der Waals surface area contributed by atoms with Crippen LogP contribution < -0.4 is 5.32 Å². The molecule has 2 atom stereocenters. The minimum atomic E-state index is -1.09. The van der Waals surface area contributed by atoms with Crippen molar-refractivity contribution >= 4 is 22.8 Å². The standard InChI is InChI=1S/C18H18N2O4/c1-10-5-3-6-13-15(10)12(9-19-13)11(2)16(18(22)23)20-17(21)14-7-4-8-24-14/h3-9,11,16,19H,1-2H3,(H,20,21)(H,22,23)/t11-,16-/m1/s1. The van der Waals surface area contributed by atoms with E-state index in [9.17, 15) is 14.7 Å². The molecule has 6 heteroatoms. The molecule has 6 nitrogen and oxygen atoms in total. The van der Waals surface area contributed by atoms with E-state index in [0.29, 0.717) is 0 Å². The van der Waals surface area contributed by atoms with Gasteiger partial charge in [-0.3, -0.25) is 4.79 Å². The number of rotatable bonds is 5. The minimum absolute atomic E-state index is 0.0866. The molecule has 0 saturated heterocycles. The molecule has 124 valence electrons. The van der Waals surface area contributed by atoms with E-state index in [1.165, 1.54) is 12.3 Å². The number of carbonyl (C=O) groups is 2. The number of carbonyl (C=O) groups excluding carboxylic acids is 1. The van der Waals surface area contributed by atoms with Gasteiger partial charge >= 0.3 is 5.97 Å². The molecule has 24 heavy (non-hydrogen) atoms. The van der Waals surface area contributed by atoms with Crippen molar-refractivity contribution in [3.8, 4) is 0 Å². The molecule has 0 spiro atoms. The summed E-state index contributed by atoms with van der Waals surface area (Å²) in [6, 6.07) is 7.86. The van der Waals surface area contributed by atoms with Crippen LogP contribution in [-0.2, 0) is 4.79 Å². The number of aromatic amines is 1. The van der Waals surface area contributed by atoms with Crippen LogP contribution in [0, 0.1) is 6.92 Å². The summed E-state index contributed by atoms with van der Waals surface area (Å²) in [5.41, 5.74) is 2.85. The number of carboxylic acid groups (broad SMARTS) is 1. The average molecular weight is 326 g/mol. The smallest absolute Gasteiger partial charge is 0.326 e. The largest absolute Gasteiger partial charge is 0.480 e. The highest BCUT2D eigenvalue weighted by molar-refractivity contribution is 5.95. The van der Waals surface area contributed by atoms with Crippen molar-refractivity contribution in [1.29, 1.82) is 0 Å². The van der Waals surface area contributed by atoms with Crippen LogP contribution >= 0.6 is 0 Å². The molecule has 0 saturated carbocycles. The van der Waals surface area contributed by atoms with Crippen LogP contribution in [0.3, 0.4) is 0 Å². The van der Waals surface area contributed by atoms with Crippen molar-refractivity contribution in [3.63, 3.8) is 0 Å². The highest BCUT2D eigenvalue weighted by Crippen LogP contribution is 2.30. The lowest BCUT2D eigenvalue weighted by molar-refractivity contribution is -0.139. The Bertz CT molecular complexity index is 880. The third-order valence-electron chi connectivity index (χ3n) is 4.23. The van der Waals surface area contributed by atoms with Crippen molar-refractivity contribution in [1.82, 2.24) is 10.3 Å². The first-order valence-corrected chi connectivity index (χ1v) is 7.63. The van der Waals surface area contributed by atoms with Crippen molar-refractivity contribution < 1.29 is 19.1 Å². The Labute approximate surface area is 138 Å². The maximum Gasteiger partial charge on any atom is 0.326 e. The van der Waals surface area contributed by atoms with E-state index in [0.717, 1.165) is 22.0 Å². The average Bonchev–Trinajstić information content (AvgIpc) is 3.21. The second-order valence-corrected chi connectivity index (χ2v) is 5.80. The number of nitrogens with one attached hydrogen (secondary N) is 2. The fraction of sp³-hybridized carbons (Fsp3) is 0.222. The first kappa shape index (κ1) is 15.9. The summed E-state index contributed by atoms with van der Waals surface area (Å²) in [6.45, 7) is 3.76. The van der Waals surface area contributed by atoms with Crippen LogP contribution in [0.25, 0.3) is 10.9 Å². The quantitative estimate of drug-likeness (QED) is 0.671. The Balaban J connectivity index is 1.93. The number of carboxylic acids is 1. The molecule has 2 aromatic heterocycles. The summed E-state index contributed by atoms with van der Waals surface area (Å²) < 4.78 is 5.02. The van der Waals surface area contributed by atoms with E-state index in [-0.39, 0.29) is 5.76 Å². The number of hydrogen-bond acceptors (Lipinski definition) is 3. The molecule has 3 aromatic rings. The number of benzene rings is 1. The SMILES string of the molecule is Cc1cccc2[nH]cc([C@@H](C)[C@@H](NC(=O)c3ccco3)C(=O)O)c12. The van der Waals surface area contributed by atoms with Crippen LogP contribution in [0.2, 0.25) is 0 Å². The van der Waals surface area contributed by atoms with Crippen LogP contribution in [0.4, 0.5) is 0 Å². The van der Waals surface area contributed by atoms with E-state index in [1.54, 1.807) is 19.2 Å². The van der Waals surface area contributed by atoms with Gasteiger partial charge in [-0.05, 0) is 36.2 Å². The Hall–Kier alpha value is -3.02. The van der Waals surface area contributed by atoms with Gasteiger partial charge in [0.1, 0.15) is 6.04 Å². The molecule has 1 amide bonds. The molecular weight excluding hydrogens is 308 g/mol. The number of hydrogen-bond donors (Lipinski definition) is 3. The maximum atomic E-state index is 12.1. The van der Waals surface area contributed by atoms with Gasteiger partial charge in [-0.25, -0.2) is 4.79 Å². The number of aliphatic carboxylic acids is 1. The number of aromatic nitrogens is 1. The first-order chi connectivity index (χ1) is 11.5. The van der Waals surface area contributed by atoms with E-state index >= 15 is 0 Å². The summed E-state index contributed by atoms with van der Waals surface area (Å²) in [5.74, 6) is -1.97. The molecule has 0 unspecified atom stereocenters. The minimum Gasteiger partial charge on any atom is -0.480 e. The normalized spacial score (nSPS) is 13.6. The van der Waals surface area contributed by atoms with E-state index in [4.69, 9.17) is 4.42 Å². The first-order valence-electron chi connectivity index (χ1n) is 7.63. The fourth-order valence-electron chi connectivity index (χ4n) is 2.96. The number of H-pyrrole nitrogens is 1. The van der Waals surface area contributed by atoms with Gasteiger partial charge in [0, 0.05) is 23.0 Å². The second-order valence-electron chi connectivity index (χ2n) is 5.80. The van der Waals surface area contributed by atoms with Crippen LogP contribution in [0.15, 0.2) is 47.2 Å². The summed E-state index contributed by atoms with van der Waals surface area (Å²) in [6.07, 6.45) is 3.18. The molecule has 0 fully saturated rings. The molecule has 2 heterocycles. The lowest BCUT2D eigenvalue weighted by Gasteiger charge is -2.21. The summed E-state index contributed by atoms with van der Waals surface area (Å²) >= 11 is 0. The lowest BCUT2D eigenvalue weighted by Crippen LogP contribution is -2.44. The van der Waals surface area contributed by atoms with Gasteiger partial charge in [-0.2, -0.15) is 0 Å². The monoisotopic (exact) mass is 326 g/mol. The Morgan fingerprint density at radius 3 is 2.71 bits per heavy atom. The predicted molar refractivity (Wildman–Crippen MR) is 89.0 cm³/mol. The Morgan fingerprint density at radius 2 is 2.04 bits per heavy atom. The molecule has 0 aliphatic carbocycles. The Kier molecular flexibility index (Phi) is 4.12. The molecule has 0 radical (unpaired) electrons. The molecule has 0 bridgehead atoms. The maximum absolute atomic E-state index is 12.1. The highest BCUT2D eigenvalue weighted by Gasteiger charge is 2.30. The van der Waals surface area contributed by atoms with Gasteiger partial charge in [-0.1, -0.05) is 19.1 Å². The number of fused-ring (bicyclic) bond motifs is 1. The van der Waals surface area contributed by atoms with Gasteiger partial charge in [0.2, 0.25) is 0 Å². The molecule has 1 aromatic carbocycles. The topological polar surface area (TPSA) is 95.3 Å². The summed E-state index contributed by atoms with van der Waals surface area (Å²) in [7, 11) is 0. The molecular formula is C18H18N2O4. The van der Waals surface area contributed by atoms with Crippen LogP contribution in [0.1, 0.15) is 34.5 Å². The summed E-state index contributed by atoms with van der Waals surface area (Å²) in [4.78, 5) is 27.0. The van der Waals surface area contributed by atoms with Gasteiger partial charge in [0.05, 0.1) is 6.26 Å². The predicted octanol–water partition coefficient (Wildman–Crippen LogP) is 3.06. The van der Waals surface area contributed by atoms with Gasteiger partial charge in [-0.15, -0.1) is 0 Å². The summed E-state index contributed by atoms with van der Waals surface area (Å²) in [5, 5.41) is 13.1.